The number of hydrogen-bond acceptors (Lipinski definition) is 6. The molecule has 0 bridgehead atoms. The number of nitrogens with one attached hydrogen (secondary N) is 3. The average Bonchev–Trinajstić information content (AvgIpc) is 3.25. The van der Waals surface area contributed by atoms with Crippen molar-refractivity contribution in [1.82, 2.24) is 16.1 Å². The number of rotatable bonds is 11. The van der Waals surface area contributed by atoms with E-state index >= 15 is 0 Å². The van der Waals surface area contributed by atoms with Crippen LogP contribution in [0.2, 0.25) is 0 Å². The van der Waals surface area contributed by atoms with Gasteiger partial charge in [-0.15, -0.1) is 0 Å². The summed E-state index contributed by atoms with van der Waals surface area (Å²) >= 11 is 1.50. The lowest BCUT2D eigenvalue weighted by Crippen LogP contribution is -2.50. The van der Waals surface area contributed by atoms with Crippen LogP contribution in [0, 0.1) is 0 Å². The van der Waals surface area contributed by atoms with Gasteiger partial charge in [0, 0.05) is 43.6 Å². The van der Waals surface area contributed by atoms with E-state index in [0.717, 1.165) is 31.4 Å². The fourth-order valence-corrected chi connectivity index (χ4v) is 4.28. The Hall–Kier alpha value is -2.26. The van der Waals surface area contributed by atoms with Crippen molar-refractivity contribution in [3.05, 3.63) is 29.8 Å². The molecule has 0 unspecified atom stereocenters. The second kappa shape index (κ2) is 12.4. The van der Waals surface area contributed by atoms with E-state index in [1.165, 1.54) is 11.8 Å². The van der Waals surface area contributed by atoms with Gasteiger partial charge in [-0.3, -0.25) is 19.6 Å². The van der Waals surface area contributed by atoms with Gasteiger partial charge in [0.25, 0.3) is 5.91 Å². The molecule has 30 heavy (non-hydrogen) atoms. The number of amides is 3. The van der Waals surface area contributed by atoms with E-state index in [2.05, 4.69) is 10.6 Å². The number of nitrogens with zero attached hydrogens (tertiary/aromatic N) is 1. The van der Waals surface area contributed by atoms with Crippen LogP contribution in [0.15, 0.2) is 24.3 Å². The molecule has 1 aromatic carbocycles. The van der Waals surface area contributed by atoms with Crippen LogP contribution in [0.1, 0.15) is 48.9 Å². The van der Waals surface area contributed by atoms with Gasteiger partial charge < -0.3 is 15.5 Å². The number of thioether (sulfide) groups is 1. The van der Waals surface area contributed by atoms with Gasteiger partial charge in [0.05, 0.1) is 0 Å². The lowest BCUT2D eigenvalue weighted by atomic mass is 10.1. The molecule has 3 amide bonds. The molecular weight excluding hydrogens is 404 g/mol. The van der Waals surface area contributed by atoms with Crippen LogP contribution in [0.5, 0.6) is 0 Å². The number of carbonyl (C=O) groups is 3. The minimum atomic E-state index is -0.650. The molecule has 166 valence electrons. The van der Waals surface area contributed by atoms with Crippen LogP contribution in [0.4, 0.5) is 5.69 Å². The van der Waals surface area contributed by atoms with Crippen molar-refractivity contribution in [1.29, 1.82) is 0 Å². The second-order valence-electron chi connectivity index (χ2n) is 7.67. The Balaban J connectivity index is 1.93. The summed E-state index contributed by atoms with van der Waals surface area (Å²) in [5, 5.41) is 14.5. The van der Waals surface area contributed by atoms with E-state index in [1.807, 2.05) is 31.1 Å². The van der Waals surface area contributed by atoms with Gasteiger partial charge in [-0.1, -0.05) is 12.8 Å². The molecule has 0 heterocycles. The highest BCUT2D eigenvalue weighted by atomic mass is 32.2. The maximum atomic E-state index is 12.8. The highest BCUT2D eigenvalue weighted by Gasteiger charge is 2.25. The standard InChI is InChI=1S/C21H32N4O4S/c1-25(2)17-11-9-15(10-12-17)20(27)23-18(14-30-13-5-8-19(26)24-29)21(28)22-16-6-3-4-7-16/h9-12,16,18,29H,3-8,13-14H2,1-2H3,(H,22,28)(H,23,27)(H,24,26)/t18-/m0/s1. The zero-order valence-electron chi connectivity index (χ0n) is 17.6. The summed E-state index contributed by atoms with van der Waals surface area (Å²) in [5.74, 6) is 0.183. The minimum Gasteiger partial charge on any atom is -0.378 e. The van der Waals surface area contributed by atoms with Gasteiger partial charge in [0.15, 0.2) is 0 Å². The largest absolute Gasteiger partial charge is 0.378 e. The molecule has 8 nitrogen and oxygen atoms in total. The molecule has 0 spiro atoms. The Kier molecular flexibility index (Phi) is 9.96. The highest BCUT2D eigenvalue weighted by Crippen LogP contribution is 2.18. The van der Waals surface area contributed by atoms with Crippen molar-refractivity contribution in [3.8, 4) is 0 Å². The van der Waals surface area contributed by atoms with Gasteiger partial charge >= 0.3 is 0 Å². The van der Waals surface area contributed by atoms with Gasteiger partial charge in [-0.05, 0) is 49.3 Å². The van der Waals surface area contributed by atoms with Gasteiger partial charge in [0.2, 0.25) is 11.8 Å². The van der Waals surface area contributed by atoms with Crippen LogP contribution >= 0.6 is 11.8 Å². The molecular formula is C21H32N4O4S. The van der Waals surface area contributed by atoms with E-state index in [9.17, 15) is 14.4 Å². The summed E-state index contributed by atoms with van der Waals surface area (Å²) in [4.78, 5) is 38.5. The smallest absolute Gasteiger partial charge is 0.251 e. The molecule has 1 atom stereocenters. The van der Waals surface area contributed by atoms with Crippen molar-refractivity contribution < 1.29 is 19.6 Å². The van der Waals surface area contributed by atoms with Crippen molar-refractivity contribution in [2.45, 2.75) is 50.6 Å². The predicted octanol–water partition coefficient (Wildman–Crippen LogP) is 1.93. The quantitative estimate of drug-likeness (QED) is 0.240. The van der Waals surface area contributed by atoms with E-state index in [0.29, 0.717) is 23.5 Å². The molecule has 0 radical (unpaired) electrons. The Labute approximate surface area is 182 Å². The number of benzene rings is 1. The SMILES string of the molecule is CN(C)c1ccc(C(=O)N[C@@H](CSCCCC(=O)NO)C(=O)NC2CCCC2)cc1. The van der Waals surface area contributed by atoms with Gasteiger partial charge in [-0.2, -0.15) is 11.8 Å². The van der Waals surface area contributed by atoms with Gasteiger partial charge in [0.1, 0.15) is 6.04 Å². The van der Waals surface area contributed by atoms with Crippen LogP contribution in [0.3, 0.4) is 0 Å². The monoisotopic (exact) mass is 436 g/mol. The molecule has 1 fully saturated rings. The Morgan fingerprint density at radius 2 is 1.83 bits per heavy atom. The van der Waals surface area contributed by atoms with Crippen LogP contribution in [-0.2, 0) is 9.59 Å². The van der Waals surface area contributed by atoms with Crippen LogP contribution < -0.4 is 21.0 Å². The summed E-state index contributed by atoms with van der Waals surface area (Å²) in [6, 6.07) is 6.75. The molecule has 1 aliphatic carbocycles. The maximum Gasteiger partial charge on any atom is 0.251 e. The highest BCUT2D eigenvalue weighted by molar-refractivity contribution is 7.99. The van der Waals surface area contributed by atoms with Crippen molar-refractivity contribution in [3.63, 3.8) is 0 Å². The van der Waals surface area contributed by atoms with Gasteiger partial charge in [-0.25, -0.2) is 5.48 Å². The molecule has 1 aromatic rings. The fourth-order valence-electron chi connectivity index (χ4n) is 3.30. The first-order valence-corrected chi connectivity index (χ1v) is 11.5. The topological polar surface area (TPSA) is 111 Å². The van der Waals surface area contributed by atoms with Crippen LogP contribution in [-0.4, -0.2) is 60.6 Å². The predicted molar refractivity (Wildman–Crippen MR) is 119 cm³/mol. The zero-order valence-corrected chi connectivity index (χ0v) is 18.5. The third kappa shape index (κ3) is 7.87. The summed E-state index contributed by atoms with van der Waals surface area (Å²) in [6.45, 7) is 0. The molecule has 9 heteroatoms. The Bertz CT molecular complexity index is 705. The number of anilines is 1. The fraction of sp³-hybridized carbons (Fsp3) is 0.571. The second-order valence-corrected chi connectivity index (χ2v) is 8.82. The third-order valence-corrected chi connectivity index (χ3v) is 6.22. The first-order chi connectivity index (χ1) is 14.4. The summed E-state index contributed by atoms with van der Waals surface area (Å²) in [7, 11) is 3.86. The molecule has 0 saturated heterocycles. The lowest BCUT2D eigenvalue weighted by molar-refractivity contribution is -0.129. The molecule has 1 saturated carbocycles. The zero-order chi connectivity index (χ0) is 21.9. The average molecular weight is 437 g/mol. The molecule has 4 N–H and O–H groups in total. The first kappa shape index (κ1) is 24.0. The number of hydroxylamine groups is 1. The number of carbonyl (C=O) groups excluding carboxylic acids is 3. The third-order valence-electron chi connectivity index (χ3n) is 5.07. The maximum absolute atomic E-state index is 12.8. The molecule has 0 aromatic heterocycles. The lowest BCUT2D eigenvalue weighted by Gasteiger charge is -2.21. The Morgan fingerprint density at radius 1 is 1.17 bits per heavy atom. The minimum absolute atomic E-state index is 0.166. The summed E-state index contributed by atoms with van der Waals surface area (Å²) in [5.41, 5.74) is 3.10. The Morgan fingerprint density at radius 3 is 2.43 bits per heavy atom. The van der Waals surface area contributed by atoms with E-state index < -0.39 is 11.9 Å². The molecule has 2 rings (SSSR count). The van der Waals surface area contributed by atoms with E-state index in [4.69, 9.17) is 5.21 Å². The van der Waals surface area contributed by atoms with Crippen molar-refractivity contribution in [2.24, 2.45) is 0 Å². The van der Waals surface area contributed by atoms with Crippen molar-refractivity contribution in [2.75, 3.05) is 30.5 Å². The van der Waals surface area contributed by atoms with E-state index in [-0.39, 0.29) is 24.3 Å². The summed E-state index contributed by atoms with van der Waals surface area (Å²) < 4.78 is 0. The van der Waals surface area contributed by atoms with Crippen LogP contribution in [0.25, 0.3) is 0 Å². The van der Waals surface area contributed by atoms with Crippen molar-refractivity contribution >= 4 is 35.2 Å². The first-order valence-electron chi connectivity index (χ1n) is 10.3. The number of hydrogen-bond donors (Lipinski definition) is 4. The normalized spacial score (nSPS) is 14.8. The molecule has 1 aliphatic rings. The van der Waals surface area contributed by atoms with E-state index in [1.54, 1.807) is 17.6 Å². The summed E-state index contributed by atoms with van der Waals surface area (Å²) in [6.07, 6.45) is 4.97. The molecule has 0 aliphatic heterocycles.